The molecule has 0 fully saturated rings. The second-order valence-electron chi connectivity index (χ2n) is 5.76. The molecule has 0 heterocycles. The summed E-state index contributed by atoms with van der Waals surface area (Å²) in [6.07, 6.45) is 0. The van der Waals surface area contributed by atoms with Gasteiger partial charge in [0.1, 0.15) is 18.2 Å². The van der Waals surface area contributed by atoms with Crippen molar-refractivity contribution in [3.8, 4) is 17.2 Å². The molecular formula is C21H20FNO3. The van der Waals surface area contributed by atoms with Crippen LogP contribution in [0.5, 0.6) is 17.2 Å². The SMILES string of the molecule is COc1cccc(CNc2ccc(O)cc2)c1OCc1ccc(F)cc1. The number of phenols is 1. The Morgan fingerprint density at radius 3 is 2.38 bits per heavy atom. The molecule has 0 atom stereocenters. The molecule has 0 radical (unpaired) electrons. The van der Waals surface area contributed by atoms with Crippen LogP contribution in [0.15, 0.2) is 66.7 Å². The van der Waals surface area contributed by atoms with Crippen molar-refractivity contribution in [3.63, 3.8) is 0 Å². The van der Waals surface area contributed by atoms with E-state index in [2.05, 4.69) is 5.32 Å². The lowest BCUT2D eigenvalue weighted by molar-refractivity contribution is 0.281. The first-order chi connectivity index (χ1) is 12.7. The summed E-state index contributed by atoms with van der Waals surface area (Å²) < 4.78 is 24.4. The van der Waals surface area contributed by atoms with Crippen LogP contribution in [-0.2, 0) is 13.2 Å². The highest BCUT2D eigenvalue weighted by atomic mass is 19.1. The Morgan fingerprint density at radius 2 is 1.69 bits per heavy atom. The second-order valence-corrected chi connectivity index (χ2v) is 5.76. The second kappa shape index (κ2) is 8.25. The average Bonchev–Trinajstić information content (AvgIpc) is 2.67. The minimum Gasteiger partial charge on any atom is -0.508 e. The number of hydrogen-bond acceptors (Lipinski definition) is 4. The fourth-order valence-electron chi connectivity index (χ4n) is 2.54. The van der Waals surface area contributed by atoms with Crippen LogP contribution >= 0.6 is 0 Å². The Bertz CT molecular complexity index is 848. The summed E-state index contributed by atoms with van der Waals surface area (Å²) in [7, 11) is 1.59. The normalized spacial score (nSPS) is 10.4. The van der Waals surface area contributed by atoms with Crippen LogP contribution in [0, 0.1) is 5.82 Å². The number of phenolic OH excluding ortho intramolecular Hbond substituents is 1. The minimum atomic E-state index is -0.273. The van der Waals surface area contributed by atoms with Crippen molar-refractivity contribution in [3.05, 3.63) is 83.7 Å². The van der Waals surface area contributed by atoms with E-state index in [0.717, 1.165) is 16.8 Å². The van der Waals surface area contributed by atoms with Crippen molar-refractivity contribution in [2.45, 2.75) is 13.2 Å². The molecule has 0 spiro atoms. The number of aromatic hydroxyl groups is 1. The Hall–Kier alpha value is -3.21. The molecule has 3 aromatic rings. The first-order valence-electron chi connectivity index (χ1n) is 8.22. The number of methoxy groups -OCH3 is 1. The van der Waals surface area contributed by atoms with Crippen LogP contribution in [0.25, 0.3) is 0 Å². The largest absolute Gasteiger partial charge is 0.508 e. The number of ether oxygens (including phenoxy) is 2. The molecule has 0 aliphatic carbocycles. The zero-order valence-corrected chi connectivity index (χ0v) is 14.4. The fourth-order valence-corrected chi connectivity index (χ4v) is 2.54. The third kappa shape index (κ3) is 4.45. The summed E-state index contributed by atoms with van der Waals surface area (Å²) in [6.45, 7) is 0.841. The van der Waals surface area contributed by atoms with Crippen LogP contribution in [0.1, 0.15) is 11.1 Å². The van der Waals surface area contributed by atoms with E-state index in [-0.39, 0.29) is 11.6 Å². The molecule has 4 nitrogen and oxygen atoms in total. The fraction of sp³-hybridized carbons (Fsp3) is 0.143. The number of benzene rings is 3. The van der Waals surface area contributed by atoms with Crippen molar-refractivity contribution >= 4 is 5.69 Å². The van der Waals surface area contributed by atoms with E-state index in [4.69, 9.17) is 9.47 Å². The van der Waals surface area contributed by atoms with Gasteiger partial charge in [-0.2, -0.15) is 0 Å². The lowest BCUT2D eigenvalue weighted by Gasteiger charge is -2.16. The minimum absolute atomic E-state index is 0.222. The maximum Gasteiger partial charge on any atom is 0.166 e. The van der Waals surface area contributed by atoms with E-state index >= 15 is 0 Å². The van der Waals surface area contributed by atoms with E-state index in [0.29, 0.717) is 24.7 Å². The van der Waals surface area contributed by atoms with E-state index < -0.39 is 0 Å². The van der Waals surface area contributed by atoms with Crippen LogP contribution in [0.4, 0.5) is 10.1 Å². The highest BCUT2D eigenvalue weighted by Gasteiger charge is 2.11. The third-order valence-electron chi connectivity index (χ3n) is 3.93. The molecule has 0 amide bonds. The zero-order chi connectivity index (χ0) is 18.4. The highest BCUT2D eigenvalue weighted by Crippen LogP contribution is 2.32. The number of para-hydroxylation sites is 1. The molecule has 0 unspecified atom stereocenters. The monoisotopic (exact) mass is 353 g/mol. The summed E-state index contributed by atoms with van der Waals surface area (Å²) in [5.41, 5.74) is 2.68. The number of rotatable bonds is 7. The predicted molar refractivity (Wildman–Crippen MR) is 99.2 cm³/mol. The lowest BCUT2D eigenvalue weighted by Crippen LogP contribution is -2.05. The molecule has 2 N–H and O–H groups in total. The Morgan fingerprint density at radius 1 is 0.962 bits per heavy atom. The van der Waals surface area contributed by atoms with Crippen LogP contribution < -0.4 is 14.8 Å². The topological polar surface area (TPSA) is 50.7 Å². The summed E-state index contributed by atoms with van der Waals surface area (Å²) in [5.74, 6) is 1.23. The zero-order valence-electron chi connectivity index (χ0n) is 14.4. The molecule has 3 aromatic carbocycles. The molecule has 5 heteroatoms. The van der Waals surface area contributed by atoms with Crippen LogP contribution in [-0.4, -0.2) is 12.2 Å². The van der Waals surface area contributed by atoms with Gasteiger partial charge in [-0.25, -0.2) is 4.39 Å². The van der Waals surface area contributed by atoms with Gasteiger partial charge in [0.25, 0.3) is 0 Å². The van der Waals surface area contributed by atoms with Crippen molar-refractivity contribution in [2.75, 3.05) is 12.4 Å². The van der Waals surface area contributed by atoms with Gasteiger partial charge in [0, 0.05) is 17.8 Å². The van der Waals surface area contributed by atoms with Gasteiger partial charge in [-0.15, -0.1) is 0 Å². The molecule has 0 saturated carbocycles. The number of halogens is 1. The van der Waals surface area contributed by atoms with E-state index in [9.17, 15) is 9.50 Å². The molecule has 3 rings (SSSR count). The number of anilines is 1. The summed E-state index contributed by atoms with van der Waals surface area (Å²) in [6, 6.07) is 18.8. The smallest absolute Gasteiger partial charge is 0.166 e. The third-order valence-corrected chi connectivity index (χ3v) is 3.93. The van der Waals surface area contributed by atoms with Gasteiger partial charge >= 0.3 is 0 Å². The molecule has 0 aromatic heterocycles. The molecular weight excluding hydrogens is 333 g/mol. The van der Waals surface area contributed by atoms with Gasteiger partial charge in [0.15, 0.2) is 11.5 Å². The van der Waals surface area contributed by atoms with E-state index in [1.54, 1.807) is 43.5 Å². The Labute approximate surface area is 151 Å². The highest BCUT2D eigenvalue weighted by molar-refractivity contribution is 5.51. The average molecular weight is 353 g/mol. The van der Waals surface area contributed by atoms with Gasteiger partial charge in [0.2, 0.25) is 0 Å². The maximum atomic E-state index is 13.0. The Kier molecular flexibility index (Phi) is 5.59. The quantitative estimate of drug-likeness (QED) is 0.603. The molecule has 26 heavy (non-hydrogen) atoms. The Balaban J connectivity index is 1.74. The molecule has 134 valence electrons. The maximum absolute atomic E-state index is 13.0. The van der Waals surface area contributed by atoms with Gasteiger partial charge in [-0.3, -0.25) is 0 Å². The van der Waals surface area contributed by atoms with Crippen LogP contribution in [0.2, 0.25) is 0 Å². The number of hydrogen-bond donors (Lipinski definition) is 2. The van der Waals surface area contributed by atoms with Crippen molar-refractivity contribution in [2.24, 2.45) is 0 Å². The summed E-state index contributed by atoms with van der Waals surface area (Å²) >= 11 is 0. The predicted octanol–water partition coefficient (Wildman–Crippen LogP) is 4.73. The van der Waals surface area contributed by atoms with Gasteiger partial charge in [-0.05, 0) is 48.0 Å². The van der Waals surface area contributed by atoms with Crippen molar-refractivity contribution in [1.29, 1.82) is 0 Å². The molecule has 0 aliphatic rings. The molecule has 0 bridgehead atoms. The molecule has 0 saturated heterocycles. The molecule has 0 aliphatic heterocycles. The van der Waals surface area contributed by atoms with Crippen LogP contribution in [0.3, 0.4) is 0 Å². The van der Waals surface area contributed by atoms with Crippen molar-refractivity contribution in [1.82, 2.24) is 0 Å². The van der Waals surface area contributed by atoms with Gasteiger partial charge in [-0.1, -0.05) is 24.3 Å². The standard InChI is InChI=1S/C21H20FNO3/c1-25-20-4-2-3-16(13-23-18-9-11-19(24)12-10-18)21(20)26-14-15-5-7-17(22)8-6-15/h2-12,23-24H,13-14H2,1H3. The van der Waals surface area contributed by atoms with Gasteiger partial charge in [0.05, 0.1) is 7.11 Å². The summed E-state index contributed by atoms with van der Waals surface area (Å²) in [5, 5.41) is 12.7. The van der Waals surface area contributed by atoms with E-state index in [1.807, 2.05) is 18.2 Å². The summed E-state index contributed by atoms with van der Waals surface area (Å²) in [4.78, 5) is 0. The van der Waals surface area contributed by atoms with Gasteiger partial charge < -0.3 is 19.9 Å². The first-order valence-corrected chi connectivity index (χ1v) is 8.22. The lowest BCUT2D eigenvalue weighted by atomic mass is 10.1. The van der Waals surface area contributed by atoms with Crippen molar-refractivity contribution < 1.29 is 19.0 Å². The van der Waals surface area contributed by atoms with E-state index in [1.165, 1.54) is 12.1 Å². The first kappa shape index (κ1) is 17.6. The number of nitrogens with one attached hydrogen (secondary N) is 1.